The summed E-state index contributed by atoms with van der Waals surface area (Å²) < 4.78 is 21.3. The molecule has 0 amide bonds. The molecule has 1 saturated heterocycles. The molecule has 22 heavy (non-hydrogen) atoms. The van der Waals surface area contributed by atoms with Crippen molar-refractivity contribution in [2.45, 2.75) is 19.1 Å². The van der Waals surface area contributed by atoms with Crippen LogP contribution in [0, 0.1) is 5.82 Å². The number of hydrogen-bond donors (Lipinski definition) is 0. The van der Waals surface area contributed by atoms with Gasteiger partial charge in [-0.3, -0.25) is 9.58 Å². The lowest BCUT2D eigenvalue weighted by atomic mass is 10.1. The van der Waals surface area contributed by atoms with Crippen molar-refractivity contribution in [3.8, 4) is 0 Å². The van der Waals surface area contributed by atoms with Crippen molar-refractivity contribution < 1.29 is 9.13 Å². The molecule has 0 spiro atoms. The molecule has 1 aromatic carbocycles. The van der Waals surface area contributed by atoms with Gasteiger partial charge in [-0.1, -0.05) is 17.7 Å². The van der Waals surface area contributed by atoms with Gasteiger partial charge < -0.3 is 4.74 Å². The van der Waals surface area contributed by atoms with Gasteiger partial charge in [-0.2, -0.15) is 5.10 Å². The molecular formula is C15H18ClFN4O. The molecule has 1 unspecified atom stereocenters. The normalized spacial score (nSPS) is 19.5. The summed E-state index contributed by atoms with van der Waals surface area (Å²) in [5.74, 6) is -0.236. The summed E-state index contributed by atoms with van der Waals surface area (Å²) >= 11 is 6.07. The molecule has 0 radical (unpaired) electrons. The second-order valence-electron chi connectivity index (χ2n) is 5.36. The summed E-state index contributed by atoms with van der Waals surface area (Å²) in [6, 6.07) is 4.81. The summed E-state index contributed by atoms with van der Waals surface area (Å²) in [6.07, 6.45) is 3.87. The summed E-state index contributed by atoms with van der Waals surface area (Å²) in [7, 11) is 0. The van der Waals surface area contributed by atoms with E-state index in [9.17, 15) is 4.39 Å². The first kappa shape index (κ1) is 15.4. The minimum atomic E-state index is -0.236. The van der Waals surface area contributed by atoms with Gasteiger partial charge in [0.25, 0.3) is 0 Å². The number of nitrogens with zero attached hydrogens (tertiary/aromatic N) is 4. The maximum Gasteiger partial charge on any atom is 0.137 e. The highest BCUT2D eigenvalue weighted by molar-refractivity contribution is 6.31. The fourth-order valence-corrected chi connectivity index (χ4v) is 2.93. The average molecular weight is 325 g/mol. The van der Waals surface area contributed by atoms with Crippen LogP contribution in [-0.2, 0) is 17.7 Å². The van der Waals surface area contributed by atoms with Crippen molar-refractivity contribution in [1.29, 1.82) is 0 Å². The fourth-order valence-electron chi connectivity index (χ4n) is 2.67. The Morgan fingerprint density at radius 3 is 3.09 bits per heavy atom. The van der Waals surface area contributed by atoms with Crippen LogP contribution < -0.4 is 0 Å². The van der Waals surface area contributed by atoms with Gasteiger partial charge in [0.15, 0.2) is 0 Å². The molecule has 2 heterocycles. The molecule has 7 heteroatoms. The number of ether oxygens (including phenoxy) is 1. The van der Waals surface area contributed by atoms with Gasteiger partial charge in [-0.05, 0) is 18.6 Å². The van der Waals surface area contributed by atoms with E-state index in [1.54, 1.807) is 23.1 Å². The molecule has 118 valence electrons. The Bertz CT molecular complexity index is 587. The molecule has 1 aliphatic rings. The number of rotatable bonds is 5. The summed E-state index contributed by atoms with van der Waals surface area (Å²) in [4.78, 5) is 6.20. The van der Waals surface area contributed by atoms with Crippen LogP contribution in [0.15, 0.2) is 30.9 Å². The first-order chi connectivity index (χ1) is 10.7. The second-order valence-corrected chi connectivity index (χ2v) is 5.77. The maximum absolute atomic E-state index is 13.8. The van der Waals surface area contributed by atoms with Gasteiger partial charge in [0.1, 0.15) is 18.5 Å². The van der Waals surface area contributed by atoms with Gasteiger partial charge in [-0.25, -0.2) is 9.37 Å². The van der Waals surface area contributed by atoms with Crippen LogP contribution in [-0.4, -0.2) is 52.0 Å². The van der Waals surface area contributed by atoms with E-state index in [4.69, 9.17) is 16.3 Å². The molecule has 0 bridgehead atoms. The zero-order chi connectivity index (χ0) is 15.4. The molecular weight excluding hydrogens is 307 g/mol. The summed E-state index contributed by atoms with van der Waals surface area (Å²) in [6.45, 7) is 3.76. The van der Waals surface area contributed by atoms with Crippen molar-refractivity contribution >= 4 is 11.6 Å². The molecule has 1 fully saturated rings. The molecule has 0 saturated carbocycles. The van der Waals surface area contributed by atoms with Crippen LogP contribution in [0.3, 0.4) is 0 Å². The third-order valence-corrected chi connectivity index (χ3v) is 4.17. The van der Waals surface area contributed by atoms with Crippen LogP contribution in [0.5, 0.6) is 0 Å². The van der Waals surface area contributed by atoms with E-state index in [-0.39, 0.29) is 11.9 Å². The van der Waals surface area contributed by atoms with Gasteiger partial charge in [0.2, 0.25) is 0 Å². The van der Waals surface area contributed by atoms with E-state index >= 15 is 0 Å². The first-order valence-corrected chi connectivity index (χ1v) is 7.69. The Hall–Kier alpha value is -1.50. The Labute approximate surface area is 133 Å². The second kappa shape index (κ2) is 7.17. The highest BCUT2D eigenvalue weighted by Gasteiger charge is 2.21. The summed E-state index contributed by atoms with van der Waals surface area (Å²) in [5.41, 5.74) is 0.587. The lowest BCUT2D eigenvalue weighted by Gasteiger charge is -2.32. The smallest absolute Gasteiger partial charge is 0.137 e. The molecule has 1 aromatic heterocycles. The van der Waals surface area contributed by atoms with Crippen LogP contribution in [0.25, 0.3) is 0 Å². The van der Waals surface area contributed by atoms with Gasteiger partial charge in [0, 0.05) is 30.2 Å². The minimum Gasteiger partial charge on any atom is -0.374 e. The standard InChI is InChI=1S/C15H18ClFN4O/c16-14-2-1-3-15(17)13(14)4-5-20-6-7-22-12(8-20)9-21-11-18-10-19-21/h1-3,10-12H,4-9H2. The zero-order valence-electron chi connectivity index (χ0n) is 12.2. The average Bonchev–Trinajstić information content (AvgIpc) is 3.00. The lowest BCUT2D eigenvalue weighted by molar-refractivity contribution is -0.0371. The molecule has 0 N–H and O–H groups in total. The minimum absolute atomic E-state index is 0.0755. The number of benzene rings is 1. The zero-order valence-corrected chi connectivity index (χ0v) is 12.9. The van der Waals surface area contributed by atoms with Crippen molar-refractivity contribution in [3.63, 3.8) is 0 Å². The topological polar surface area (TPSA) is 43.2 Å². The largest absolute Gasteiger partial charge is 0.374 e. The van der Waals surface area contributed by atoms with Crippen molar-refractivity contribution in [2.24, 2.45) is 0 Å². The van der Waals surface area contributed by atoms with E-state index in [0.29, 0.717) is 30.2 Å². The van der Waals surface area contributed by atoms with E-state index in [1.807, 2.05) is 0 Å². The lowest BCUT2D eigenvalue weighted by Crippen LogP contribution is -2.45. The third-order valence-electron chi connectivity index (χ3n) is 3.82. The van der Waals surface area contributed by atoms with Gasteiger partial charge in [0.05, 0.1) is 19.3 Å². The van der Waals surface area contributed by atoms with Crippen LogP contribution in [0.4, 0.5) is 4.39 Å². The first-order valence-electron chi connectivity index (χ1n) is 7.31. The maximum atomic E-state index is 13.8. The Kier molecular flexibility index (Phi) is 5.02. The van der Waals surface area contributed by atoms with E-state index < -0.39 is 0 Å². The highest BCUT2D eigenvalue weighted by atomic mass is 35.5. The Morgan fingerprint density at radius 1 is 1.41 bits per heavy atom. The van der Waals surface area contributed by atoms with Crippen molar-refractivity contribution in [1.82, 2.24) is 19.7 Å². The molecule has 5 nitrogen and oxygen atoms in total. The van der Waals surface area contributed by atoms with Crippen LogP contribution >= 0.6 is 11.6 Å². The SMILES string of the molecule is Fc1cccc(Cl)c1CCN1CCOC(Cn2cncn2)C1. The van der Waals surface area contributed by atoms with Crippen molar-refractivity contribution in [3.05, 3.63) is 47.3 Å². The number of hydrogen-bond acceptors (Lipinski definition) is 4. The predicted molar refractivity (Wildman–Crippen MR) is 81.3 cm³/mol. The fraction of sp³-hybridized carbons (Fsp3) is 0.467. The molecule has 3 rings (SSSR count). The third kappa shape index (κ3) is 3.82. The van der Waals surface area contributed by atoms with Crippen molar-refractivity contribution in [2.75, 3.05) is 26.2 Å². The molecule has 1 aliphatic heterocycles. The predicted octanol–water partition coefficient (Wildman–Crippen LogP) is 2.01. The Balaban J connectivity index is 1.54. The molecule has 0 aliphatic carbocycles. The highest BCUT2D eigenvalue weighted by Crippen LogP contribution is 2.20. The van der Waals surface area contributed by atoms with Crippen LogP contribution in [0.2, 0.25) is 5.02 Å². The molecule has 1 atom stereocenters. The van der Waals surface area contributed by atoms with Crippen LogP contribution in [0.1, 0.15) is 5.56 Å². The Morgan fingerprint density at radius 2 is 2.32 bits per heavy atom. The number of morpholine rings is 1. The number of aromatic nitrogens is 3. The quantitative estimate of drug-likeness (QED) is 0.844. The monoisotopic (exact) mass is 324 g/mol. The van der Waals surface area contributed by atoms with E-state index in [2.05, 4.69) is 15.0 Å². The van der Waals surface area contributed by atoms with E-state index in [0.717, 1.165) is 19.6 Å². The van der Waals surface area contributed by atoms with Gasteiger partial charge in [-0.15, -0.1) is 0 Å². The van der Waals surface area contributed by atoms with E-state index in [1.165, 1.54) is 12.4 Å². The van der Waals surface area contributed by atoms with Gasteiger partial charge >= 0.3 is 0 Å². The molecule has 2 aromatic rings. The number of halogens is 2. The summed E-state index contributed by atoms with van der Waals surface area (Å²) in [5, 5.41) is 4.59.